The summed E-state index contributed by atoms with van der Waals surface area (Å²) in [5.41, 5.74) is 10.0. The van der Waals surface area contributed by atoms with Crippen molar-refractivity contribution >= 4 is 22.3 Å². The van der Waals surface area contributed by atoms with Gasteiger partial charge in [-0.3, -0.25) is 0 Å². The molecule has 26 heavy (non-hydrogen) atoms. The molecule has 0 radical (unpaired) electrons. The predicted octanol–water partition coefficient (Wildman–Crippen LogP) is 3.47. The predicted molar refractivity (Wildman–Crippen MR) is 105 cm³/mol. The number of nitrogen functional groups attached to an aromatic ring is 1. The monoisotopic (exact) mass is 367 g/mol. The highest BCUT2D eigenvalue weighted by molar-refractivity contribution is 7.15. The highest BCUT2D eigenvalue weighted by atomic mass is 32.1. The van der Waals surface area contributed by atoms with Crippen LogP contribution in [0.3, 0.4) is 0 Å². The maximum absolute atomic E-state index is 5.84. The number of hydrogen-bond acceptors (Lipinski definition) is 7. The molecule has 0 aliphatic heterocycles. The first-order valence-electron chi connectivity index (χ1n) is 8.60. The Morgan fingerprint density at radius 3 is 2.81 bits per heavy atom. The molecule has 7 heteroatoms. The minimum atomic E-state index is 0.275. The molecule has 0 saturated carbocycles. The number of fused-ring (bicyclic) bond motifs is 1. The molecule has 1 atom stereocenters. The van der Waals surface area contributed by atoms with Gasteiger partial charge in [0.2, 0.25) is 0 Å². The van der Waals surface area contributed by atoms with Crippen molar-refractivity contribution in [3.05, 3.63) is 46.7 Å². The van der Waals surface area contributed by atoms with Gasteiger partial charge in [-0.05, 0) is 19.8 Å². The van der Waals surface area contributed by atoms with E-state index in [2.05, 4.69) is 51.5 Å². The van der Waals surface area contributed by atoms with Crippen LogP contribution in [0.2, 0.25) is 0 Å². The fourth-order valence-corrected chi connectivity index (χ4v) is 4.26. The van der Waals surface area contributed by atoms with Crippen LogP contribution < -0.4 is 15.8 Å². The standard InChI is InChI=1S/C19H21N5OS/c1-11-3-5-12(6-4-11)16-17(25-2)18(22-10-21-16)23-13-7-8-14-15(9-13)26-19(20)24-14/h3-6,10,13H,7-9H2,1-2H3,(H2,20,24)(H,21,22,23). The third kappa shape index (κ3) is 3.22. The molecule has 0 spiro atoms. The zero-order valence-electron chi connectivity index (χ0n) is 14.8. The van der Waals surface area contributed by atoms with E-state index < -0.39 is 0 Å². The summed E-state index contributed by atoms with van der Waals surface area (Å²) >= 11 is 1.58. The first-order valence-corrected chi connectivity index (χ1v) is 9.42. The summed E-state index contributed by atoms with van der Waals surface area (Å²) in [4.78, 5) is 14.5. The minimum Gasteiger partial charge on any atom is -0.491 e. The number of methoxy groups -OCH3 is 1. The van der Waals surface area contributed by atoms with E-state index in [4.69, 9.17) is 10.5 Å². The SMILES string of the molecule is COc1c(NC2CCc3nc(N)sc3C2)ncnc1-c1ccc(C)cc1. The second-order valence-corrected chi connectivity index (χ2v) is 7.59. The molecule has 0 saturated heterocycles. The molecule has 4 rings (SSSR count). The fraction of sp³-hybridized carbons (Fsp3) is 0.316. The van der Waals surface area contributed by atoms with Crippen molar-refractivity contribution in [2.45, 2.75) is 32.2 Å². The van der Waals surface area contributed by atoms with E-state index in [9.17, 15) is 0 Å². The maximum Gasteiger partial charge on any atom is 0.187 e. The molecule has 2 aromatic heterocycles. The number of nitrogens with zero attached hydrogens (tertiary/aromatic N) is 3. The van der Waals surface area contributed by atoms with Crippen LogP contribution >= 0.6 is 11.3 Å². The van der Waals surface area contributed by atoms with Crippen LogP contribution in [-0.2, 0) is 12.8 Å². The summed E-state index contributed by atoms with van der Waals surface area (Å²) in [6.07, 6.45) is 4.40. The zero-order chi connectivity index (χ0) is 18.1. The van der Waals surface area contributed by atoms with Crippen molar-refractivity contribution in [3.8, 4) is 17.0 Å². The van der Waals surface area contributed by atoms with Crippen LogP contribution in [0.4, 0.5) is 10.9 Å². The van der Waals surface area contributed by atoms with Crippen LogP contribution in [0.1, 0.15) is 22.6 Å². The van der Waals surface area contributed by atoms with E-state index in [1.807, 2.05) is 0 Å². The van der Waals surface area contributed by atoms with Crippen LogP contribution in [0.5, 0.6) is 5.75 Å². The van der Waals surface area contributed by atoms with Crippen LogP contribution in [-0.4, -0.2) is 28.1 Å². The Bertz CT molecular complexity index is 922. The lowest BCUT2D eigenvalue weighted by Gasteiger charge is -2.24. The molecule has 1 aliphatic rings. The van der Waals surface area contributed by atoms with Crippen molar-refractivity contribution in [1.29, 1.82) is 0 Å². The molecule has 0 bridgehead atoms. The molecule has 0 fully saturated rings. The number of benzene rings is 1. The van der Waals surface area contributed by atoms with Gasteiger partial charge in [0.25, 0.3) is 0 Å². The lowest BCUT2D eigenvalue weighted by Crippen LogP contribution is -2.27. The largest absolute Gasteiger partial charge is 0.491 e. The number of hydrogen-bond donors (Lipinski definition) is 2. The number of aromatic nitrogens is 3. The summed E-state index contributed by atoms with van der Waals surface area (Å²) in [7, 11) is 1.66. The van der Waals surface area contributed by atoms with Gasteiger partial charge in [0, 0.05) is 22.9 Å². The second-order valence-electron chi connectivity index (χ2n) is 6.48. The third-order valence-electron chi connectivity index (χ3n) is 4.63. The summed E-state index contributed by atoms with van der Waals surface area (Å²) in [6.45, 7) is 2.07. The molecule has 1 aromatic carbocycles. The van der Waals surface area contributed by atoms with Crippen molar-refractivity contribution in [2.75, 3.05) is 18.2 Å². The first kappa shape index (κ1) is 16.8. The van der Waals surface area contributed by atoms with Gasteiger partial charge in [-0.2, -0.15) is 0 Å². The van der Waals surface area contributed by atoms with Gasteiger partial charge < -0.3 is 15.8 Å². The average molecular weight is 367 g/mol. The first-order chi connectivity index (χ1) is 12.6. The summed E-state index contributed by atoms with van der Waals surface area (Å²) in [6, 6.07) is 8.52. The summed E-state index contributed by atoms with van der Waals surface area (Å²) in [5.74, 6) is 1.40. The van der Waals surface area contributed by atoms with Crippen LogP contribution in [0, 0.1) is 6.92 Å². The Kier molecular flexibility index (Phi) is 4.46. The van der Waals surface area contributed by atoms with E-state index in [0.717, 1.165) is 42.0 Å². The highest BCUT2D eigenvalue weighted by Crippen LogP contribution is 2.35. The summed E-state index contributed by atoms with van der Waals surface area (Å²) in [5, 5.41) is 4.18. The molecule has 134 valence electrons. The van der Waals surface area contributed by atoms with Crippen molar-refractivity contribution in [1.82, 2.24) is 15.0 Å². The number of ether oxygens (including phenoxy) is 1. The Morgan fingerprint density at radius 1 is 1.23 bits per heavy atom. The van der Waals surface area contributed by atoms with Crippen molar-refractivity contribution < 1.29 is 4.74 Å². The van der Waals surface area contributed by atoms with Crippen molar-refractivity contribution in [3.63, 3.8) is 0 Å². The van der Waals surface area contributed by atoms with Gasteiger partial charge in [-0.15, -0.1) is 11.3 Å². The number of nitrogens with two attached hydrogens (primary N) is 1. The lowest BCUT2D eigenvalue weighted by atomic mass is 9.97. The van der Waals surface area contributed by atoms with E-state index in [0.29, 0.717) is 10.9 Å². The van der Waals surface area contributed by atoms with Crippen LogP contribution in [0.15, 0.2) is 30.6 Å². The van der Waals surface area contributed by atoms with Gasteiger partial charge in [-0.25, -0.2) is 15.0 Å². The number of nitrogens with one attached hydrogen (secondary N) is 1. The maximum atomic E-state index is 5.84. The topological polar surface area (TPSA) is 86.0 Å². The van der Waals surface area contributed by atoms with Gasteiger partial charge in [-0.1, -0.05) is 29.8 Å². The molecular weight excluding hydrogens is 346 g/mol. The lowest BCUT2D eigenvalue weighted by molar-refractivity contribution is 0.413. The van der Waals surface area contributed by atoms with E-state index in [1.54, 1.807) is 24.8 Å². The number of thiazole rings is 1. The van der Waals surface area contributed by atoms with Gasteiger partial charge in [0.1, 0.15) is 12.0 Å². The molecule has 0 amide bonds. The van der Waals surface area contributed by atoms with Gasteiger partial charge >= 0.3 is 0 Å². The van der Waals surface area contributed by atoms with Crippen LogP contribution in [0.25, 0.3) is 11.3 Å². The van der Waals surface area contributed by atoms with E-state index in [1.165, 1.54) is 10.4 Å². The highest BCUT2D eigenvalue weighted by Gasteiger charge is 2.24. The fourth-order valence-electron chi connectivity index (χ4n) is 3.30. The quantitative estimate of drug-likeness (QED) is 0.734. The minimum absolute atomic E-state index is 0.275. The van der Waals surface area contributed by atoms with Crippen molar-refractivity contribution in [2.24, 2.45) is 0 Å². The summed E-state index contributed by atoms with van der Waals surface area (Å²) < 4.78 is 5.66. The Labute approximate surface area is 156 Å². The van der Waals surface area contributed by atoms with E-state index >= 15 is 0 Å². The third-order valence-corrected chi connectivity index (χ3v) is 5.58. The van der Waals surface area contributed by atoms with E-state index in [-0.39, 0.29) is 6.04 Å². The Balaban J connectivity index is 1.61. The molecule has 3 aromatic rings. The van der Waals surface area contributed by atoms with Gasteiger partial charge in [0.15, 0.2) is 16.7 Å². The van der Waals surface area contributed by atoms with Gasteiger partial charge in [0.05, 0.1) is 12.8 Å². The Hall–Kier alpha value is -2.67. The number of rotatable bonds is 4. The molecule has 1 aliphatic carbocycles. The second kappa shape index (κ2) is 6.92. The molecular formula is C19H21N5OS. The molecule has 1 unspecified atom stereocenters. The molecule has 6 nitrogen and oxygen atoms in total. The smallest absolute Gasteiger partial charge is 0.187 e. The Morgan fingerprint density at radius 2 is 2.04 bits per heavy atom. The number of anilines is 2. The number of aryl methyl sites for hydroxylation is 2. The normalized spacial score (nSPS) is 16.2. The zero-order valence-corrected chi connectivity index (χ0v) is 15.6. The molecule has 2 heterocycles. The molecule has 3 N–H and O–H groups in total. The average Bonchev–Trinajstić information content (AvgIpc) is 3.01.